The molecule has 0 saturated heterocycles. The Morgan fingerprint density at radius 1 is 1.50 bits per heavy atom. The second-order valence-corrected chi connectivity index (χ2v) is 2.84. The highest BCUT2D eigenvalue weighted by Gasteiger charge is 2.37. The lowest BCUT2D eigenvalue weighted by molar-refractivity contribution is -0.0919. The van der Waals surface area contributed by atoms with Gasteiger partial charge in [0.1, 0.15) is 5.76 Å². The Bertz CT molecular complexity index is 237. The summed E-state index contributed by atoms with van der Waals surface area (Å²) in [5.41, 5.74) is -0.916. The van der Waals surface area contributed by atoms with E-state index in [9.17, 15) is 13.2 Å². The number of rotatable bonds is 0. The lowest BCUT2D eigenvalue weighted by atomic mass is 9.95. The quantitative estimate of drug-likeness (QED) is 0.604. The molecular formula is C8H9F3O. The number of allylic oxidation sites excluding steroid dienone is 4. The fourth-order valence-corrected chi connectivity index (χ4v) is 1.09. The van der Waals surface area contributed by atoms with Crippen LogP contribution < -0.4 is 0 Å². The van der Waals surface area contributed by atoms with Crippen molar-refractivity contribution < 1.29 is 18.3 Å². The summed E-state index contributed by atoms with van der Waals surface area (Å²) >= 11 is 0. The SMILES string of the molecule is CC1CC=CC(C(F)(F)F)=C1O. The molecule has 0 heterocycles. The third-order valence-corrected chi connectivity index (χ3v) is 1.82. The minimum absolute atomic E-state index is 0.424. The van der Waals surface area contributed by atoms with Crippen molar-refractivity contribution in [2.24, 2.45) is 5.92 Å². The molecule has 4 heteroatoms. The molecule has 0 saturated carbocycles. The fourth-order valence-electron chi connectivity index (χ4n) is 1.09. The molecule has 1 aliphatic rings. The van der Waals surface area contributed by atoms with Crippen molar-refractivity contribution in [2.45, 2.75) is 19.5 Å². The van der Waals surface area contributed by atoms with Crippen molar-refractivity contribution in [3.63, 3.8) is 0 Å². The van der Waals surface area contributed by atoms with Gasteiger partial charge in [-0.3, -0.25) is 0 Å². The van der Waals surface area contributed by atoms with Gasteiger partial charge in [0.15, 0.2) is 0 Å². The van der Waals surface area contributed by atoms with E-state index in [0.717, 1.165) is 6.08 Å². The highest BCUT2D eigenvalue weighted by atomic mass is 19.4. The van der Waals surface area contributed by atoms with Crippen molar-refractivity contribution in [2.75, 3.05) is 0 Å². The number of aliphatic hydroxyl groups excluding tert-OH is 1. The Morgan fingerprint density at radius 2 is 2.08 bits per heavy atom. The van der Waals surface area contributed by atoms with Gasteiger partial charge in [0, 0.05) is 5.92 Å². The fraction of sp³-hybridized carbons (Fsp3) is 0.500. The molecule has 1 unspecified atom stereocenters. The molecule has 0 fully saturated rings. The first-order valence-electron chi connectivity index (χ1n) is 3.60. The van der Waals surface area contributed by atoms with E-state index >= 15 is 0 Å². The molecule has 0 aliphatic heterocycles. The third kappa shape index (κ3) is 1.62. The summed E-state index contributed by atoms with van der Waals surface area (Å²) in [7, 11) is 0. The third-order valence-electron chi connectivity index (χ3n) is 1.82. The Balaban J connectivity index is 3.02. The van der Waals surface area contributed by atoms with Crippen LogP contribution in [-0.2, 0) is 0 Å². The van der Waals surface area contributed by atoms with E-state index < -0.39 is 23.4 Å². The van der Waals surface area contributed by atoms with E-state index in [2.05, 4.69) is 0 Å². The molecule has 0 spiro atoms. The predicted octanol–water partition coefficient (Wildman–Crippen LogP) is 2.96. The normalized spacial score (nSPS) is 24.8. The van der Waals surface area contributed by atoms with Gasteiger partial charge in [0.05, 0.1) is 5.57 Å². The standard InChI is InChI=1S/C8H9F3O/c1-5-3-2-4-6(7(5)12)8(9,10)11/h2,4-5,12H,3H2,1H3. The first-order valence-corrected chi connectivity index (χ1v) is 3.60. The smallest absolute Gasteiger partial charge is 0.419 e. The van der Waals surface area contributed by atoms with Gasteiger partial charge < -0.3 is 5.11 Å². The summed E-state index contributed by atoms with van der Waals surface area (Å²) in [6, 6.07) is 0. The zero-order chi connectivity index (χ0) is 9.35. The maximum absolute atomic E-state index is 12.1. The number of halogens is 3. The second kappa shape index (κ2) is 2.84. The van der Waals surface area contributed by atoms with Crippen LogP contribution in [0, 0.1) is 5.92 Å². The van der Waals surface area contributed by atoms with Crippen LogP contribution in [0.3, 0.4) is 0 Å². The van der Waals surface area contributed by atoms with Crippen LogP contribution in [0.4, 0.5) is 13.2 Å². The summed E-state index contributed by atoms with van der Waals surface area (Å²) in [5, 5.41) is 9.08. The molecule has 0 radical (unpaired) electrons. The van der Waals surface area contributed by atoms with Crippen molar-refractivity contribution in [1.82, 2.24) is 0 Å². The van der Waals surface area contributed by atoms with Gasteiger partial charge >= 0.3 is 6.18 Å². The van der Waals surface area contributed by atoms with Gasteiger partial charge in [0.25, 0.3) is 0 Å². The highest BCUT2D eigenvalue weighted by Crippen LogP contribution is 2.34. The van der Waals surface area contributed by atoms with E-state index in [4.69, 9.17) is 5.11 Å². The number of alkyl halides is 3. The van der Waals surface area contributed by atoms with Gasteiger partial charge in [-0.25, -0.2) is 0 Å². The molecule has 0 aromatic heterocycles. The summed E-state index contributed by atoms with van der Waals surface area (Å²) in [6.45, 7) is 1.56. The molecule has 0 aromatic carbocycles. The number of aliphatic hydroxyl groups is 1. The lowest BCUT2D eigenvalue weighted by Crippen LogP contribution is -2.17. The largest absolute Gasteiger partial charge is 0.511 e. The number of hydrogen-bond acceptors (Lipinski definition) is 1. The van der Waals surface area contributed by atoms with E-state index in [1.165, 1.54) is 6.08 Å². The summed E-state index contributed by atoms with van der Waals surface area (Å²) in [4.78, 5) is 0. The summed E-state index contributed by atoms with van der Waals surface area (Å²) in [5.74, 6) is -0.975. The average Bonchev–Trinajstić information content (AvgIpc) is 1.92. The van der Waals surface area contributed by atoms with Crippen molar-refractivity contribution in [1.29, 1.82) is 0 Å². The van der Waals surface area contributed by atoms with E-state index in [1.54, 1.807) is 6.92 Å². The Kier molecular flexibility index (Phi) is 2.17. The Labute approximate surface area is 68.2 Å². The van der Waals surface area contributed by atoms with Crippen LogP contribution in [-0.4, -0.2) is 11.3 Å². The van der Waals surface area contributed by atoms with Gasteiger partial charge in [0.2, 0.25) is 0 Å². The number of hydrogen-bond donors (Lipinski definition) is 1. The molecule has 1 rings (SSSR count). The van der Waals surface area contributed by atoms with Crippen LogP contribution in [0.2, 0.25) is 0 Å². The molecule has 0 aromatic rings. The van der Waals surface area contributed by atoms with E-state index in [-0.39, 0.29) is 0 Å². The van der Waals surface area contributed by atoms with Gasteiger partial charge in [-0.05, 0) is 6.42 Å². The molecule has 1 N–H and O–H groups in total. The van der Waals surface area contributed by atoms with E-state index in [0.29, 0.717) is 6.42 Å². The highest BCUT2D eigenvalue weighted by molar-refractivity contribution is 5.31. The van der Waals surface area contributed by atoms with Crippen LogP contribution in [0.1, 0.15) is 13.3 Å². The maximum atomic E-state index is 12.1. The van der Waals surface area contributed by atoms with Gasteiger partial charge in [-0.15, -0.1) is 0 Å². The molecule has 1 nitrogen and oxygen atoms in total. The van der Waals surface area contributed by atoms with Crippen molar-refractivity contribution in [3.05, 3.63) is 23.5 Å². The predicted molar refractivity (Wildman–Crippen MR) is 38.6 cm³/mol. The maximum Gasteiger partial charge on any atom is 0.419 e. The Morgan fingerprint density at radius 3 is 2.50 bits per heavy atom. The zero-order valence-electron chi connectivity index (χ0n) is 6.52. The van der Waals surface area contributed by atoms with Crippen LogP contribution in [0.15, 0.2) is 23.5 Å². The second-order valence-electron chi connectivity index (χ2n) is 2.84. The molecule has 68 valence electrons. The first-order chi connectivity index (χ1) is 5.43. The van der Waals surface area contributed by atoms with E-state index in [1.807, 2.05) is 0 Å². The van der Waals surface area contributed by atoms with Crippen molar-refractivity contribution in [3.8, 4) is 0 Å². The Hall–Kier alpha value is -0.930. The lowest BCUT2D eigenvalue weighted by Gasteiger charge is -2.18. The van der Waals surface area contributed by atoms with Crippen LogP contribution in [0.25, 0.3) is 0 Å². The van der Waals surface area contributed by atoms with Crippen LogP contribution in [0.5, 0.6) is 0 Å². The molecular weight excluding hydrogens is 169 g/mol. The van der Waals surface area contributed by atoms with Gasteiger partial charge in [-0.2, -0.15) is 13.2 Å². The average molecular weight is 178 g/mol. The van der Waals surface area contributed by atoms with Crippen molar-refractivity contribution >= 4 is 0 Å². The van der Waals surface area contributed by atoms with Gasteiger partial charge in [-0.1, -0.05) is 19.1 Å². The molecule has 12 heavy (non-hydrogen) atoms. The minimum Gasteiger partial charge on any atom is -0.511 e. The minimum atomic E-state index is -4.44. The van der Waals surface area contributed by atoms with Crippen LogP contribution >= 0.6 is 0 Å². The topological polar surface area (TPSA) is 20.2 Å². The molecule has 1 aliphatic carbocycles. The molecule has 1 atom stereocenters. The summed E-state index contributed by atoms with van der Waals surface area (Å²) < 4.78 is 36.3. The molecule has 0 amide bonds. The molecule has 0 bridgehead atoms. The first kappa shape index (κ1) is 9.16. The summed E-state index contributed by atoms with van der Waals surface area (Å²) in [6.07, 6.45) is -1.62. The zero-order valence-corrected chi connectivity index (χ0v) is 6.52. The monoisotopic (exact) mass is 178 g/mol.